The van der Waals surface area contributed by atoms with Crippen molar-refractivity contribution in [1.29, 1.82) is 10.5 Å². The topological polar surface area (TPSA) is 80.7 Å². The third kappa shape index (κ3) is 2.59. The van der Waals surface area contributed by atoms with Crippen LogP contribution in [0.3, 0.4) is 0 Å². The van der Waals surface area contributed by atoms with Gasteiger partial charge >= 0.3 is 0 Å². The highest BCUT2D eigenvalue weighted by molar-refractivity contribution is 5.87. The molecule has 0 unspecified atom stereocenters. The second kappa shape index (κ2) is 6.12. The molecule has 28 heavy (non-hydrogen) atoms. The summed E-state index contributed by atoms with van der Waals surface area (Å²) in [5.41, 5.74) is 6.97. The molecule has 0 saturated heterocycles. The highest BCUT2D eigenvalue weighted by Gasteiger charge is 2.07. The van der Waals surface area contributed by atoms with Crippen molar-refractivity contribution in [3.63, 3.8) is 0 Å². The van der Waals surface area contributed by atoms with Gasteiger partial charge in [-0.3, -0.25) is 0 Å². The number of hydrogen-bond acceptors (Lipinski definition) is 3. The summed E-state index contributed by atoms with van der Waals surface area (Å²) >= 11 is 0. The monoisotopic (exact) mass is 359 g/mol. The Morgan fingerprint density at radius 1 is 0.821 bits per heavy atom. The van der Waals surface area contributed by atoms with E-state index in [1.54, 1.807) is 6.20 Å². The summed E-state index contributed by atoms with van der Waals surface area (Å²) in [7, 11) is 0. The van der Waals surface area contributed by atoms with Crippen LogP contribution in [0.2, 0.25) is 0 Å². The number of fused-ring (bicyclic) bond motifs is 2. The molecule has 0 radical (unpaired) electrons. The van der Waals surface area contributed by atoms with Gasteiger partial charge in [-0.25, -0.2) is 4.98 Å². The summed E-state index contributed by atoms with van der Waals surface area (Å²) in [5, 5.41) is 19.1. The minimum absolute atomic E-state index is 0.408. The normalized spacial score (nSPS) is 10.8. The zero-order chi connectivity index (χ0) is 19.1. The van der Waals surface area contributed by atoms with Crippen molar-refractivity contribution < 1.29 is 0 Å². The van der Waals surface area contributed by atoms with Crippen molar-refractivity contribution in [2.45, 2.75) is 0 Å². The molecule has 0 saturated carbocycles. The van der Waals surface area contributed by atoms with E-state index in [0.29, 0.717) is 11.3 Å². The molecule has 1 N–H and O–H groups in total. The van der Waals surface area contributed by atoms with E-state index in [1.807, 2.05) is 40.9 Å². The van der Waals surface area contributed by atoms with Crippen LogP contribution in [0.4, 0.5) is 0 Å². The molecule has 5 aromatic rings. The standard InChI is InChI=1S/C23H13N5/c24-12-15-1-2-19-10-22(27-21(19)9-15)17-5-3-16(4-6-17)18-7-8-28-14-20(13-25)26-23(28)11-18/h1-11,14,27H. The fraction of sp³-hybridized carbons (Fsp3) is 0. The molecule has 0 aliphatic rings. The molecule has 0 spiro atoms. The van der Waals surface area contributed by atoms with Gasteiger partial charge in [-0.05, 0) is 47.0 Å². The molecule has 5 heteroatoms. The highest BCUT2D eigenvalue weighted by Crippen LogP contribution is 2.28. The number of pyridine rings is 1. The molecule has 5 rings (SSSR count). The second-order valence-corrected chi connectivity index (χ2v) is 6.59. The number of nitrogens with one attached hydrogen (secondary N) is 1. The van der Waals surface area contributed by atoms with Crippen LogP contribution in [0.1, 0.15) is 11.3 Å². The number of aromatic amines is 1. The minimum atomic E-state index is 0.408. The second-order valence-electron chi connectivity index (χ2n) is 6.59. The number of aromatic nitrogens is 3. The van der Waals surface area contributed by atoms with E-state index in [4.69, 9.17) is 10.5 Å². The lowest BCUT2D eigenvalue weighted by Crippen LogP contribution is -1.85. The maximum Gasteiger partial charge on any atom is 0.159 e. The Kier molecular flexibility index (Phi) is 3.47. The van der Waals surface area contributed by atoms with Crippen LogP contribution in [0.25, 0.3) is 38.9 Å². The van der Waals surface area contributed by atoms with Crippen molar-refractivity contribution in [3.05, 3.63) is 84.3 Å². The first-order chi connectivity index (χ1) is 13.7. The Labute approximate surface area is 160 Å². The van der Waals surface area contributed by atoms with Gasteiger partial charge in [0.2, 0.25) is 0 Å². The lowest BCUT2D eigenvalue weighted by Gasteiger charge is -2.04. The number of benzene rings is 2. The Bertz CT molecular complexity index is 1390. The maximum atomic E-state index is 9.06. The average Bonchev–Trinajstić information content (AvgIpc) is 3.36. The molecule has 130 valence electrons. The number of nitriles is 2. The predicted molar refractivity (Wildman–Crippen MR) is 107 cm³/mol. The van der Waals surface area contributed by atoms with Gasteiger partial charge in [0.15, 0.2) is 5.69 Å². The molecule has 3 heterocycles. The zero-order valence-electron chi connectivity index (χ0n) is 14.7. The van der Waals surface area contributed by atoms with Crippen molar-refractivity contribution in [3.8, 4) is 34.5 Å². The van der Waals surface area contributed by atoms with Gasteiger partial charge < -0.3 is 9.38 Å². The van der Waals surface area contributed by atoms with E-state index in [2.05, 4.69) is 52.4 Å². The van der Waals surface area contributed by atoms with E-state index >= 15 is 0 Å². The van der Waals surface area contributed by atoms with E-state index in [1.165, 1.54) is 0 Å². The molecule has 0 aliphatic carbocycles. The molecular formula is C23H13N5. The summed E-state index contributed by atoms with van der Waals surface area (Å²) in [6.07, 6.45) is 3.63. The molecule has 2 aromatic carbocycles. The van der Waals surface area contributed by atoms with Crippen LogP contribution in [0.15, 0.2) is 73.1 Å². The van der Waals surface area contributed by atoms with E-state index in [0.717, 1.165) is 38.9 Å². The van der Waals surface area contributed by atoms with Crippen LogP contribution in [-0.4, -0.2) is 14.4 Å². The Hall–Kier alpha value is -4.35. The fourth-order valence-electron chi connectivity index (χ4n) is 3.41. The molecule has 0 atom stereocenters. The highest BCUT2D eigenvalue weighted by atomic mass is 15.0. The number of nitrogens with zero attached hydrogens (tertiary/aromatic N) is 4. The van der Waals surface area contributed by atoms with Gasteiger partial charge in [0.05, 0.1) is 11.6 Å². The van der Waals surface area contributed by atoms with Gasteiger partial charge in [-0.15, -0.1) is 0 Å². The van der Waals surface area contributed by atoms with Gasteiger partial charge in [0, 0.05) is 29.0 Å². The SMILES string of the molecule is N#Cc1ccc2cc(-c3ccc(-c4ccn5cc(C#N)nc5c4)cc3)[nH]c2c1. The number of hydrogen-bond donors (Lipinski definition) is 1. The first-order valence-electron chi connectivity index (χ1n) is 8.76. The predicted octanol–water partition coefficient (Wildman–Crippen LogP) is 4.89. The quantitative estimate of drug-likeness (QED) is 0.487. The molecular weight excluding hydrogens is 346 g/mol. The molecule has 5 nitrogen and oxygen atoms in total. The van der Waals surface area contributed by atoms with Crippen molar-refractivity contribution in [2.75, 3.05) is 0 Å². The van der Waals surface area contributed by atoms with Crippen LogP contribution < -0.4 is 0 Å². The Balaban J connectivity index is 1.50. The largest absolute Gasteiger partial charge is 0.354 e. The Morgan fingerprint density at radius 3 is 2.43 bits per heavy atom. The molecule has 3 aromatic heterocycles. The zero-order valence-corrected chi connectivity index (χ0v) is 14.7. The van der Waals surface area contributed by atoms with Crippen LogP contribution in [-0.2, 0) is 0 Å². The van der Waals surface area contributed by atoms with Crippen molar-refractivity contribution in [1.82, 2.24) is 14.4 Å². The molecule has 0 aliphatic heterocycles. The van der Waals surface area contributed by atoms with E-state index in [-0.39, 0.29) is 0 Å². The maximum absolute atomic E-state index is 9.06. The van der Waals surface area contributed by atoms with Crippen molar-refractivity contribution >= 4 is 16.6 Å². The minimum Gasteiger partial charge on any atom is -0.354 e. The summed E-state index contributed by atoms with van der Waals surface area (Å²) in [6.45, 7) is 0. The van der Waals surface area contributed by atoms with Gasteiger partial charge in [-0.2, -0.15) is 10.5 Å². The third-order valence-corrected chi connectivity index (χ3v) is 4.86. The average molecular weight is 359 g/mol. The first-order valence-corrected chi connectivity index (χ1v) is 8.76. The van der Waals surface area contributed by atoms with Crippen LogP contribution >= 0.6 is 0 Å². The van der Waals surface area contributed by atoms with Crippen LogP contribution in [0, 0.1) is 22.7 Å². The third-order valence-electron chi connectivity index (χ3n) is 4.86. The van der Waals surface area contributed by atoms with E-state index < -0.39 is 0 Å². The van der Waals surface area contributed by atoms with Crippen molar-refractivity contribution in [2.24, 2.45) is 0 Å². The molecule has 0 fully saturated rings. The first kappa shape index (κ1) is 15.9. The lowest BCUT2D eigenvalue weighted by molar-refractivity contribution is 1.19. The smallest absolute Gasteiger partial charge is 0.159 e. The summed E-state index contributed by atoms with van der Waals surface area (Å²) in [5.74, 6) is 0. The Morgan fingerprint density at radius 2 is 1.64 bits per heavy atom. The summed E-state index contributed by atoms with van der Waals surface area (Å²) in [4.78, 5) is 7.68. The fourth-order valence-corrected chi connectivity index (χ4v) is 3.41. The van der Waals surface area contributed by atoms with Gasteiger partial charge in [0.1, 0.15) is 11.7 Å². The number of rotatable bonds is 2. The number of H-pyrrole nitrogens is 1. The summed E-state index contributed by atoms with van der Waals surface area (Å²) in [6, 6.07) is 24.2. The van der Waals surface area contributed by atoms with E-state index in [9.17, 15) is 0 Å². The van der Waals surface area contributed by atoms with Gasteiger partial charge in [-0.1, -0.05) is 30.3 Å². The van der Waals surface area contributed by atoms with Crippen LogP contribution in [0.5, 0.6) is 0 Å². The molecule has 0 amide bonds. The summed E-state index contributed by atoms with van der Waals surface area (Å²) < 4.78 is 1.84. The molecule has 0 bridgehead atoms. The lowest BCUT2D eigenvalue weighted by atomic mass is 10.0. The number of imidazole rings is 1. The van der Waals surface area contributed by atoms with Gasteiger partial charge in [0.25, 0.3) is 0 Å².